The van der Waals surface area contributed by atoms with Crippen LogP contribution in [-0.4, -0.2) is 17.3 Å². The molecule has 0 saturated heterocycles. The lowest BCUT2D eigenvalue weighted by molar-refractivity contribution is 0.0836. The standard InChI is InChI=1S/C31H43NO2/c1-7-30(33,8-2)19-18-26-14-15-27(22-24(26)5)31(9-3,10-4)28-16-17-29(25(6)23-28)34-21-13-11-12-20-32/h14-19,22-23,33H,7-13,21H2,1-6H3/b19-18+. The lowest BCUT2D eigenvalue weighted by Gasteiger charge is -2.34. The predicted molar refractivity (Wildman–Crippen MR) is 143 cm³/mol. The second kappa shape index (κ2) is 12.8. The van der Waals surface area contributed by atoms with E-state index in [0.717, 1.165) is 42.6 Å². The average Bonchev–Trinajstić information content (AvgIpc) is 2.85. The summed E-state index contributed by atoms with van der Waals surface area (Å²) in [5.41, 5.74) is 5.39. The minimum Gasteiger partial charge on any atom is -0.493 e. The molecule has 0 aliphatic carbocycles. The summed E-state index contributed by atoms with van der Waals surface area (Å²) in [6.45, 7) is 13.5. The van der Waals surface area contributed by atoms with Crippen molar-refractivity contribution in [1.29, 1.82) is 5.26 Å². The van der Waals surface area contributed by atoms with Gasteiger partial charge in [0.2, 0.25) is 0 Å². The van der Waals surface area contributed by atoms with Gasteiger partial charge in [-0.25, -0.2) is 0 Å². The highest BCUT2D eigenvalue weighted by Crippen LogP contribution is 2.41. The zero-order valence-corrected chi connectivity index (χ0v) is 22.1. The molecule has 0 amide bonds. The highest BCUT2D eigenvalue weighted by atomic mass is 16.5. The fraction of sp³-hybridized carbons (Fsp3) is 0.516. The van der Waals surface area contributed by atoms with Gasteiger partial charge in [-0.15, -0.1) is 0 Å². The van der Waals surface area contributed by atoms with E-state index in [-0.39, 0.29) is 5.41 Å². The zero-order valence-electron chi connectivity index (χ0n) is 22.1. The van der Waals surface area contributed by atoms with Crippen LogP contribution in [0.5, 0.6) is 5.75 Å². The number of unbranched alkanes of at least 4 members (excludes halogenated alkanes) is 2. The topological polar surface area (TPSA) is 53.2 Å². The first kappa shape index (κ1) is 27.7. The second-order valence-electron chi connectivity index (χ2n) is 9.45. The molecule has 0 heterocycles. The van der Waals surface area contributed by atoms with Crippen LogP contribution in [-0.2, 0) is 5.41 Å². The zero-order chi connectivity index (χ0) is 25.2. The van der Waals surface area contributed by atoms with E-state index in [0.29, 0.717) is 25.9 Å². The average molecular weight is 462 g/mol. The van der Waals surface area contributed by atoms with Crippen LogP contribution in [0.4, 0.5) is 0 Å². The van der Waals surface area contributed by atoms with Gasteiger partial charge in [-0.1, -0.05) is 70.2 Å². The third kappa shape index (κ3) is 6.51. The largest absolute Gasteiger partial charge is 0.493 e. The van der Waals surface area contributed by atoms with Crippen LogP contribution in [0, 0.1) is 25.2 Å². The quantitative estimate of drug-likeness (QED) is 0.307. The summed E-state index contributed by atoms with van der Waals surface area (Å²) in [6.07, 6.45) is 9.83. The van der Waals surface area contributed by atoms with Gasteiger partial charge < -0.3 is 9.84 Å². The smallest absolute Gasteiger partial charge is 0.122 e. The molecule has 0 saturated carbocycles. The third-order valence-corrected chi connectivity index (χ3v) is 7.50. The summed E-state index contributed by atoms with van der Waals surface area (Å²) in [7, 11) is 0. The minimum absolute atomic E-state index is 0.0589. The Balaban J connectivity index is 2.32. The number of hydrogen-bond acceptors (Lipinski definition) is 3. The van der Waals surface area contributed by atoms with E-state index in [1.54, 1.807) is 0 Å². The Kier molecular flexibility index (Phi) is 10.4. The Labute approximate surface area is 207 Å². The predicted octanol–water partition coefficient (Wildman–Crippen LogP) is 8.05. The van der Waals surface area contributed by atoms with Crippen LogP contribution in [0.1, 0.15) is 100 Å². The highest BCUT2D eigenvalue weighted by molar-refractivity contribution is 5.57. The molecule has 2 aromatic carbocycles. The molecular formula is C31H43NO2. The lowest BCUT2D eigenvalue weighted by Crippen LogP contribution is -2.26. The molecule has 34 heavy (non-hydrogen) atoms. The Morgan fingerprint density at radius 3 is 2.03 bits per heavy atom. The first-order valence-corrected chi connectivity index (χ1v) is 12.9. The number of ether oxygens (including phenoxy) is 1. The maximum atomic E-state index is 10.6. The van der Waals surface area contributed by atoms with E-state index in [4.69, 9.17) is 10.00 Å². The van der Waals surface area contributed by atoms with Crippen molar-refractivity contribution in [3.63, 3.8) is 0 Å². The molecular weight excluding hydrogens is 418 g/mol. The summed E-state index contributed by atoms with van der Waals surface area (Å²) < 4.78 is 5.99. The van der Waals surface area contributed by atoms with Gasteiger partial charge in [0.15, 0.2) is 0 Å². The minimum atomic E-state index is -0.737. The molecule has 1 N–H and O–H groups in total. The molecule has 3 nitrogen and oxygen atoms in total. The van der Waals surface area contributed by atoms with Gasteiger partial charge in [0, 0.05) is 11.8 Å². The molecule has 184 valence electrons. The van der Waals surface area contributed by atoms with Crippen LogP contribution >= 0.6 is 0 Å². The fourth-order valence-electron chi connectivity index (χ4n) is 4.72. The summed E-state index contributed by atoms with van der Waals surface area (Å²) in [6, 6.07) is 15.6. The normalized spacial score (nSPS) is 12.2. The van der Waals surface area contributed by atoms with E-state index >= 15 is 0 Å². The molecule has 2 aromatic rings. The van der Waals surface area contributed by atoms with Crippen molar-refractivity contribution in [3.05, 3.63) is 70.3 Å². The van der Waals surface area contributed by atoms with E-state index in [1.807, 2.05) is 19.9 Å². The van der Waals surface area contributed by atoms with E-state index in [1.165, 1.54) is 16.7 Å². The summed E-state index contributed by atoms with van der Waals surface area (Å²) >= 11 is 0. The van der Waals surface area contributed by atoms with Crippen molar-refractivity contribution in [3.8, 4) is 11.8 Å². The van der Waals surface area contributed by atoms with Gasteiger partial charge >= 0.3 is 0 Å². The van der Waals surface area contributed by atoms with Crippen LogP contribution in [0.15, 0.2) is 42.5 Å². The molecule has 2 rings (SSSR count). The first-order valence-electron chi connectivity index (χ1n) is 12.9. The number of benzene rings is 2. The van der Waals surface area contributed by atoms with Crippen molar-refractivity contribution in [2.24, 2.45) is 0 Å². The molecule has 0 atom stereocenters. The molecule has 0 fully saturated rings. The molecule has 0 bridgehead atoms. The second-order valence-corrected chi connectivity index (χ2v) is 9.45. The summed E-state index contributed by atoms with van der Waals surface area (Å²) in [4.78, 5) is 0. The highest BCUT2D eigenvalue weighted by Gasteiger charge is 2.31. The van der Waals surface area contributed by atoms with Crippen molar-refractivity contribution in [2.45, 2.75) is 97.5 Å². The van der Waals surface area contributed by atoms with Gasteiger partial charge in [0.05, 0.1) is 18.3 Å². The molecule has 0 unspecified atom stereocenters. The summed E-state index contributed by atoms with van der Waals surface area (Å²) in [5.74, 6) is 0.929. The van der Waals surface area contributed by atoms with Crippen molar-refractivity contribution >= 4 is 6.08 Å². The lowest BCUT2D eigenvalue weighted by atomic mass is 9.70. The number of aliphatic hydroxyl groups is 1. The molecule has 0 radical (unpaired) electrons. The monoisotopic (exact) mass is 461 g/mol. The summed E-state index contributed by atoms with van der Waals surface area (Å²) in [5, 5.41) is 19.3. The molecule has 0 spiro atoms. The van der Waals surface area contributed by atoms with Gasteiger partial charge in [-0.05, 0) is 86.3 Å². The third-order valence-electron chi connectivity index (χ3n) is 7.50. The molecule has 0 aliphatic rings. The van der Waals surface area contributed by atoms with E-state index in [9.17, 15) is 5.11 Å². The van der Waals surface area contributed by atoms with Crippen LogP contribution in [0.3, 0.4) is 0 Å². The van der Waals surface area contributed by atoms with Crippen molar-refractivity contribution < 1.29 is 9.84 Å². The Bertz CT molecular complexity index is 991. The van der Waals surface area contributed by atoms with Gasteiger partial charge in [0.25, 0.3) is 0 Å². The fourth-order valence-corrected chi connectivity index (χ4v) is 4.72. The van der Waals surface area contributed by atoms with Crippen molar-refractivity contribution in [1.82, 2.24) is 0 Å². The maximum Gasteiger partial charge on any atom is 0.122 e. The van der Waals surface area contributed by atoms with Crippen LogP contribution in [0.25, 0.3) is 6.08 Å². The molecule has 0 aliphatic heterocycles. The molecule has 3 heteroatoms. The Morgan fingerprint density at radius 1 is 0.882 bits per heavy atom. The Morgan fingerprint density at radius 2 is 1.50 bits per heavy atom. The maximum absolute atomic E-state index is 10.6. The Hall–Kier alpha value is -2.57. The number of nitrogens with zero attached hydrogens (tertiary/aromatic N) is 1. The van der Waals surface area contributed by atoms with E-state index < -0.39 is 5.60 Å². The number of nitriles is 1. The van der Waals surface area contributed by atoms with Gasteiger partial charge in [-0.2, -0.15) is 5.26 Å². The van der Waals surface area contributed by atoms with E-state index in [2.05, 4.69) is 76.2 Å². The first-order chi connectivity index (χ1) is 16.3. The van der Waals surface area contributed by atoms with Crippen molar-refractivity contribution in [2.75, 3.05) is 6.61 Å². The molecule has 0 aromatic heterocycles. The van der Waals surface area contributed by atoms with Crippen LogP contribution < -0.4 is 4.74 Å². The SMILES string of the molecule is CCC(O)(/C=C/c1ccc(C(CC)(CC)c2ccc(OCCCCC#N)c(C)c2)cc1C)CC. The number of aryl methyl sites for hydroxylation is 2. The van der Waals surface area contributed by atoms with Gasteiger partial charge in [0.1, 0.15) is 5.75 Å². The van der Waals surface area contributed by atoms with Crippen LogP contribution in [0.2, 0.25) is 0 Å². The number of rotatable bonds is 13. The van der Waals surface area contributed by atoms with Gasteiger partial charge in [-0.3, -0.25) is 0 Å². The number of hydrogen-bond donors (Lipinski definition) is 1.